The van der Waals surface area contributed by atoms with Crippen LogP contribution in [0.15, 0.2) is 6.07 Å². The summed E-state index contributed by atoms with van der Waals surface area (Å²) in [6.45, 7) is 0. The zero-order valence-electron chi connectivity index (χ0n) is 7.41. The van der Waals surface area contributed by atoms with E-state index in [9.17, 15) is 24.1 Å². The molecule has 0 aliphatic carbocycles. The lowest BCUT2D eigenvalue weighted by molar-refractivity contribution is -0.384. The second-order valence-corrected chi connectivity index (χ2v) is 3.36. The van der Waals surface area contributed by atoms with Crippen LogP contribution in [0.3, 0.4) is 0 Å². The van der Waals surface area contributed by atoms with Gasteiger partial charge < -0.3 is 5.32 Å². The van der Waals surface area contributed by atoms with Gasteiger partial charge in [-0.2, -0.15) is 0 Å². The number of carbonyl (C=O) groups is 2. The van der Waals surface area contributed by atoms with Crippen molar-refractivity contribution < 1.29 is 18.9 Å². The predicted octanol–water partition coefficient (Wildman–Crippen LogP) is 1.52. The number of nitrogens with zero attached hydrogens (tertiary/aromatic N) is 1. The van der Waals surface area contributed by atoms with Gasteiger partial charge in [0.05, 0.1) is 22.2 Å². The van der Waals surface area contributed by atoms with Gasteiger partial charge in [0.15, 0.2) is 5.82 Å². The molecule has 0 saturated carbocycles. The van der Waals surface area contributed by atoms with Crippen LogP contribution in [0.25, 0.3) is 0 Å². The average Bonchev–Trinajstić information content (AvgIpc) is 2.50. The van der Waals surface area contributed by atoms with Gasteiger partial charge >= 0.3 is 0 Å². The normalized spacial score (nSPS) is 13.6. The van der Waals surface area contributed by atoms with Crippen LogP contribution in [0.5, 0.6) is 0 Å². The van der Waals surface area contributed by atoms with Crippen molar-refractivity contribution in [1.29, 1.82) is 0 Å². The van der Waals surface area contributed by atoms with E-state index in [0.29, 0.717) is 6.07 Å². The SMILES string of the molecule is O=C1Nc2c(F)cc([N+](=O)[O-])c(Cl)c2C1=O. The first-order valence-corrected chi connectivity index (χ1v) is 4.33. The number of benzene rings is 1. The summed E-state index contributed by atoms with van der Waals surface area (Å²) in [6, 6.07) is 0.556. The number of nitro benzene ring substituents is 1. The Morgan fingerprint density at radius 1 is 1.44 bits per heavy atom. The number of hydrogen-bond acceptors (Lipinski definition) is 4. The molecule has 1 aromatic carbocycles. The van der Waals surface area contributed by atoms with Crippen molar-refractivity contribution in [2.75, 3.05) is 5.32 Å². The van der Waals surface area contributed by atoms with Gasteiger partial charge in [0, 0.05) is 0 Å². The van der Waals surface area contributed by atoms with Crippen LogP contribution in [-0.2, 0) is 4.79 Å². The van der Waals surface area contributed by atoms with Crippen molar-refractivity contribution in [3.63, 3.8) is 0 Å². The molecule has 0 bridgehead atoms. The smallest absolute Gasteiger partial charge is 0.297 e. The Morgan fingerprint density at radius 3 is 2.62 bits per heavy atom. The fourth-order valence-corrected chi connectivity index (χ4v) is 1.67. The summed E-state index contributed by atoms with van der Waals surface area (Å²) in [4.78, 5) is 31.8. The van der Waals surface area contributed by atoms with Crippen molar-refractivity contribution in [2.45, 2.75) is 0 Å². The van der Waals surface area contributed by atoms with Crippen molar-refractivity contribution >= 4 is 34.7 Å². The lowest BCUT2D eigenvalue weighted by Crippen LogP contribution is -2.12. The Labute approximate surface area is 92.2 Å². The van der Waals surface area contributed by atoms with Gasteiger partial charge in [-0.05, 0) is 0 Å². The number of amides is 1. The topological polar surface area (TPSA) is 89.3 Å². The van der Waals surface area contributed by atoms with Gasteiger partial charge in [0.2, 0.25) is 0 Å². The summed E-state index contributed by atoms with van der Waals surface area (Å²) >= 11 is 5.56. The van der Waals surface area contributed by atoms with Gasteiger partial charge in [-0.3, -0.25) is 19.7 Å². The van der Waals surface area contributed by atoms with Crippen molar-refractivity contribution in [2.24, 2.45) is 0 Å². The van der Waals surface area contributed by atoms with Crippen molar-refractivity contribution in [1.82, 2.24) is 0 Å². The third-order valence-corrected chi connectivity index (χ3v) is 2.45. The van der Waals surface area contributed by atoms with E-state index in [0.717, 1.165) is 0 Å². The lowest BCUT2D eigenvalue weighted by Gasteiger charge is -2.02. The fraction of sp³-hybridized carbons (Fsp3) is 0. The van der Waals surface area contributed by atoms with Crippen LogP contribution in [0.1, 0.15) is 10.4 Å². The molecule has 2 rings (SSSR count). The summed E-state index contributed by atoms with van der Waals surface area (Å²) < 4.78 is 13.3. The molecule has 1 N–H and O–H groups in total. The third-order valence-electron chi connectivity index (χ3n) is 2.07. The van der Waals surface area contributed by atoms with Crippen LogP contribution in [0.2, 0.25) is 5.02 Å². The van der Waals surface area contributed by atoms with E-state index >= 15 is 0 Å². The highest BCUT2D eigenvalue weighted by atomic mass is 35.5. The number of Topliss-reactive ketones (excluding diaryl/α,β-unsaturated/α-hetero) is 1. The Hall–Kier alpha value is -2.02. The zero-order chi connectivity index (χ0) is 12.0. The second kappa shape index (κ2) is 3.24. The average molecular weight is 245 g/mol. The van der Waals surface area contributed by atoms with Crippen molar-refractivity contribution in [3.05, 3.63) is 32.6 Å². The van der Waals surface area contributed by atoms with Gasteiger partial charge in [0.1, 0.15) is 5.02 Å². The number of hydrogen-bond donors (Lipinski definition) is 1. The Bertz CT molecular complexity index is 557. The number of carbonyl (C=O) groups excluding carboxylic acids is 2. The first-order valence-electron chi connectivity index (χ1n) is 3.95. The molecule has 1 amide bonds. The third kappa shape index (κ3) is 1.25. The van der Waals surface area contributed by atoms with Crippen LogP contribution < -0.4 is 5.32 Å². The minimum Gasteiger partial charge on any atom is -0.316 e. The van der Waals surface area contributed by atoms with Crippen LogP contribution in [-0.4, -0.2) is 16.6 Å². The highest BCUT2D eigenvalue weighted by Gasteiger charge is 2.37. The molecular weight excluding hydrogens is 243 g/mol. The Balaban J connectivity index is 2.79. The van der Waals surface area contributed by atoms with E-state index < -0.39 is 44.4 Å². The Kier molecular flexibility index (Phi) is 2.13. The standard InChI is InChI=1S/C8H2ClFN2O4/c9-5-3(12(15)16)1-2(10)6-4(5)7(13)8(14)11-6/h1H,(H,11,13,14). The number of anilines is 1. The molecule has 1 aliphatic rings. The zero-order valence-corrected chi connectivity index (χ0v) is 8.17. The molecule has 1 aromatic rings. The molecule has 82 valence electrons. The number of ketones is 1. The first kappa shape index (κ1) is 10.5. The maximum absolute atomic E-state index is 13.3. The van der Waals surface area contributed by atoms with E-state index in [1.54, 1.807) is 0 Å². The number of fused-ring (bicyclic) bond motifs is 1. The van der Waals surface area contributed by atoms with Gasteiger partial charge in [-0.25, -0.2) is 4.39 Å². The lowest BCUT2D eigenvalue weighted by atomic mass is 10.1. The van der Waals surface area contributed by atoms with E-state index in [1.165, 1.54) is 0 Å². The monoisotopic (exact) mass is 244 g/mol. The molecule has 8 heteroatoms. The minimum atomic E-state index is -1.08. The largest absolute Gasteiger partial charge is 0.316 e. The van der Waals surface area contributed by atoms with Crippen LogP contribution in [0.4, 0.5) is 15.8 Å². The van der Waals surface area contributed by atoms with E-state index in [2.05, 4.69) is 0 Å². The highest BCUT2D eigenvalue weighted by Crippen LogP contribution is 2.38. The van der Waals surface area contributed by atoms with E-state index in [-0.39, 0.29) is 0 Å². The molecule has 0 radical (unpaired) electrons. The molecule has 0 atom stereocenters. The summed E-state index contributed by atoms with van der Waals surface area (Å²) in [5, 5.41) is 11.9. The molecule has 0 spiro atoms. The number of halogens is 2. The van der Waals surface area contributed by atoms with Gasteiger partial charge in [-0.15, -0.1) is 0 Å². The van der Waals surface area contributed by atoms with E-state index in [1.807, 2.05) is 5.32 Å². The molecular formula is C8H2ClFN2O4. The highest BCUT2D eigenvalue weighted by molar-refractivity contribution is 6.55. The molecule has 1 heterocycles. The number of nitrogens with one attached hydrogen (secondary N) is 1. The first-order chi connectivity index (χ1) is 7.43. The summed E-state index contributed by atoms with van der Waals surface area (Å²) in [5.74, 6) is -3.20. The van der Waals surface area contributed by atoms with Crippen LogP contribution >= 0.6 is 11.6 Å². The molecule has 0 unspecified atom stereocenters. The summed E-state index contributed by atoms with van der Waals surface area (Å²) in [7, 11) is 0. The fourth-order valence-electron chi connectivity index (χ4n) is 1.36. The molecule has 0 aromatic heterocycles. The molecule has 0 fully saturated rings. The van der Waals surface area contributed by atoms with E-state index in [4.69, 9.17) is 11.6 Å². The molecule has 1 aliphatic heterocycles. The summed E-state index contributed by atoms with van der Waals surface area (Å²) in [5.41, 5.74) is -1.65. The van der Waals surface area contributed by atoms with Gasteiger partial charge in [-0.1, -0.05) is 11.6 Å². The van der Waals surface area contributed by atoms with Crippen molar-refractivity contribution in [3.8, 4) is 0 Å². The Morgan fingerprint density at radius 2 is 2.06 bits per heavy atom. The molecule has 0 saturated heterocycles. The summed E-state index contributed by atoms with van der Waals surface area (Å²) in [6.07, 6.45) is 0. The predicted molar refractivity (Wildman–Crippen MR) is 51.0 cm³/mol. The molecule has 6 nitrogen and oxygen atoms in total. The second-order valence-electron chi connectivity index (χ2n) is 2.98. The van der Waals surface area contributed by atoms with Crippen LogP contribution in [0, 0.1) is 15.9 Å². The molecule has 16 heavy (non-hydrogen) atoms. The minimum absolute atomic E-state index is 0.411. The maximum atomic E-state index is 13.3. The number of rotatable bonds is 1. The number of nitro groups is 1. The quantitative estimate of drug-likeness (QED) is 0.461. The van der Waals surface area contributed by atoms with Gasteiger partial charge in [0.25, 0.3) is 17.4 Å². The maximum Gasteiger partial charge on any atom is 0.297 e.